The van der Waals surface area contributed by atoms with Gasteiger partial charge in [-0.15, -0.1) is 0 Å². The van der Waals surface area contributed by atoms with Crippen LogP contribution in [0.3, 0.4) is 0 Å². The van der Waals surface area contributed by atoms with E-state index < -0.39 is 0 Å². The Morgan fingerprint density at radius 2 is 2.15 bits per heavy atom. The normalized spacial score (nSPS) is 14.6. The highest BCUT2D eigenvalue weighted by Gasteiger charge is 2.23. The SMILES string of the molecule is CCCNCc1c(C)nn(CCC(=O)NC2CC2)c1C. The summed E-state index contributed by atoms with van der Waals surface area (Å²) in [5.74, 6) is 0.144. The summed E-state index contributed by atoms with van der Waals surface area (Å²) in [6.07, 6.45) is 3.92. The van der Waals surface area contributed by atoms with Crippen LogP contribution in [-0.4, -0.2) is 28.3 Å². The molecule has 112 valence electrons. The van der Waals surface area contributed by atoms with Crippen molar-refractivity contribution in [1.82, 2.24) is 20.4 Å². The molecule has 1 aliphatic rings. The predicted molar refractivity (Wildman–Crippen MR) is 79.5 cm³/mol. The van der Waals surface area contributed by atoms with E-state index in [9.17, 15) is 4.79 Å². The highest BCUT2D eigenvalue weighted by Crippen LogP contribution is 2.19. The fourth-order valence-corrected chi connectivity index (χ4v) is 2.33. The van der Waals surface area contributed by atoms with Crippen LogP contribution in [0, 0.1) is 13.8 Å². The summed E-state index contributed by atoms with van der Waals surface area (Å²) >= 11 is 0. The van der Waals surface area contributed by atoms with Crippen molar-refractivity contribution in [2.24, 2.45) is 0 Å². The van der Waals surface area contributed by atoms with Crippen molar-refractivity contribution in [2.75, 3.05) is 6.54 Å². The summed E-state index contributed by atoms with van der Waals surface area (Å²) in [5, 5.41) is 11.0. The van der Waals surface area contributed by atoms with Crippen LogP contribution in [0.5, 0.6) is 0 Å². The summed E-state index contributed by atoms with van der Waals surface area (Å²) in [6.45, 7) is 8.83. The van der Waals surface area contributed by atoms with E-state index in [1.54, 1.807) is 0 Å². The number of rotatable bonds is 8. The van der Waals surface area contributed by atoms with Crippen molar-refractivity contribution in [2.45, 2.75) is 65.6 Å². The predicted octanol–water partition coefficient (Wildman–Crippen LogP) is 1.67. The maximum Gasteiger partial charge on any atom is 0.222 e. The molecule has 0 unspecified atom stereocenters. The number of nitrogens with one attached hydrogen (secondary N) is 2. The number of carbonyl (C=O) groups is 1. The van der Waals surface area contributed by atoms with Gasteiger partial charge in [0.2, 0.25) is 5.91 Å². The van der Waals surface area contributed by atoms with Gasteiger partial charge in [0.1, 0.15) is 0 Å². The fraction of sp³-hybridized carbons (Fsp3) is 0.733. The Labute approximate surface area is 121 Å². The number of amides is 1. The Balaban J connectivity index is 1.87. The van der Waals surface area contributed by atoms with Crippen molar-refractivity contribution in [3.63, 3.8) is 0 Å². The average molecular weight is 278 g/mol. The first-order chi connectivity index (χ1) is 9.61. The van der Waals surface area contributed by atoms with Crippen LogP contribution >= 0.6 is 0 Å². The molecule has 1 aliphatic carbocycles. The summed E-state index contributed by atoms with van der Waals surface area (Å²) in [4.78, 5) is 11.7. The second kappa shape index (κ2) is 6.88. The lowest BCUT2D eigenvalue weighted by Crippen LogP contribution is -2.26. The standard InChI is InChI=1S/C15H26N4O/c1-4-8-16-10-14-11(2)18-19(12(14)3)9-7-15(20)17-13-5-6-13/h13,16H,4-10H2,1-3H3,(H,17,20). The third kappa shape index (κ3) is 4.07. The number of carbonyl (C=O) groups excluding carboxylic acids is 1. The van der Waals surface area contributed by atoms with Gasteiger partial charge in [-0.3, -0.25) is 9.48 Å². The monoisotopic (exact) mass is 278 g/mol. The second-order valence-corrected chi connectivity index (χ2v) is 5.64. The van der Waals surface area contributed by atoms with Crippen LogP contribution < -0.4 is 10.6 Å². The molecule has 0 bridgehead atoms. The number of nitrogens with zero attached hydrogens (tertiary/aromatic N) is 2. The first kappa shape index (κ1) is 15.0. The molecule has 1 fully saturated rings. The van der Waals surface area contributed by atoms with E-state index in [1.807, 2.05) is 11.6 Å². The molecule has 0 saturated heterocycles. The van der Waals surface area contributed by atoms with E-state index in [0.717, 1.165) is 38.0 Å². The van der Waals surface area contributed by atoms with Crippen molar-refractivity contribution in [3.8, 4) is 0 Å². The molecule has 20 heavy (non-hydrogen) atoms. The topological polar surface area (TPSA) is 59.0 Å². The van der Waals surface area contributed by atoms with Crippen LogP contribution in [0.2, 0.25) is 0 Å². The maximum atomic E-state index is 11.7. The Morgan fingerprint density at radius 1 is 1.40 bits per heavy atom. The first-order valence-electron chi connectivity index (χ1n) is 7.64. The Morgan fingerprint density at radius 3 is 2.80 bits per heavy atom. The molecular weight excluding hydrogens is 252 g/mol. The number of hydrogen-bond acceptors (Lipinski definition) is 3. The van der Waals surface area contributed by atoms with E-state index in [-0.39, 0.29) is 5.91 Å². The molecule has 5 heteroatoms. The van der Waals surface area contributed by atoms with Gasteiger partial charge < -0.3 is 10.6 Å². The molecule has 0 radical (unpaired) electrons. The van der Waals surface area contributed by atoms with E-state index in [0.29, 0.717) is 19.0 Å². The minimum absolute atomic E-state index is 0.144. The fourth-order valence-electron chi connectivity index (χ4n) is 2.33. The number of aromatic nitrogens is 2. The average Bonchev–Trinajstić information content (AvgIpc) is 3.18. The van der Waals surface area contributed by atoms with Gasteiger partial charge in [-0.25, -0.2) is 0 Å². The van der Waals surface area contributed by atoms with E-state index >= 15 is 0 Å². The van der Waals surface area contributed by atoms with Crippen LogP contribution in [0.15, 0.2) is 0 Å². The maximum absolute atomic E-state index is 11.7. The first-order valence-corrected chi connectivity index (χ1v) is 7.64. The second-order valence-electron chi connectivity index (χ2n) is 5.64. The lowest BCUT2D eigenvalue weighted by molar-refractivity contribution is -0.121. The number of hydrogen-bond donors (Lipinski definition) is 2. The molecule has 5 nitrogen and oxygen atoms in total. The van der Waals surface area contributed by atoms with Gasteiger partial charge >= 0.3 is 0 Å². The molecule has 1 aromatic heterocycles. The third-order valence-corrected chi connectivity index (χ3v) is 3.75. The van der Waals surface area contributed by atoms with Crippen LogP contribution in [-0.2, 0) is 17.9 Å². The smallest absolute Gasteiger partial charge is 0.222 e. The zero-order chi connectivity index (χ0) is 14.5. The molecule has 0 aliphatic heterocycles. The zero-order valence-electron chi connectivity index (χ0n) is 12.8. The van der Waals surface area contributed by atoms with Crippen LogP contribution in [0.4, 0.5) is 0 Å². The van der Waals surface area contributed by atoms with Crippen molar-refractivity contribution in [3.05, 3.63) is 17.0 Å². The molecule has 0 spiro atoms. The van der Waals surface area contributed by atoms with E-state index in [2.05, 4.69) is 29.6 Å². The zero-order valence-corrected chi connectivity index (χ0v) is 12.8. The summed E-state index contributed by atoms with van der Waals surface area (Å²) in [7, 11) is 0. The summed E-state index contributed by atoms with van der Waals surface area (Å²) in [6, 6.07) is 0.441. The summed E-state index contributed by atoms with van der Waals surface area (Å²) < 4.78 is 1.96. The van der Waals surface area contributed by atoms with Gasteiger partial charge in [-0.05, 0) is 39.7 Å². The molecule has 1 heterocycles. The van der Waals surface area contributed by atoms with Gasteiger partial charge in [0.05, 0.1) is 5.69 Å². The quantitative estimate of drug-likeness (QED) is 0.711. The molecule has 2 rings (SSSR count). The van der Waals surface area contributed by atoms with Crippen LogP contribution in [0.1, 0.15) is 49.6 Å². The van der Waals surface area contributed by atoms with Gasteiger partial charge in [0.15, 0.2) is 0 Å². The Kier molecular flexibility index (Phi) is 5.17. The minimum Gasteiger partial charge on any atom is -0.353 e. The van der Waals surface area contributed by atoms with Crippen LogP contribution in [0.25, 0.3) is 0 Å². The molecule has 2 N–H and O–H groups in total. The third-order valence-electron chi connectivity index (χ3n) is 3.75. The number of aryl methyl sites for hydroxylation is 2. The Hall–Kier alpha value is -1.36. The Bertz CT molecular complexity index is 463. The highest BCUT2D eigenvalue weighted by atomic mass is 16.1. The van der Waals surface area contributed by atoms with E-state index in [4.69, 9.17) is 0 Å². The molecule has 1 saturated carbocycles. The van der Waals surface area contributed by atoms with E-state index in [1.165, 1.54) is 11.3 Å². The molecule has 0 atom stereocenters. The van der Waals surface area contributed by atoms with Gasteiger partial charge in [-0.2, -0.15) is 5.10 Å². The highest BCUT2D eigenvalue weighted by molar-refractivity contribution is 5.76. The van der Waals surface area contributed by atoms with Crippen molar-refractivity contribution < 1.29 is 4.79 Å². The molecular formula is C15H26N4O. The van der Waals surface area contributed by atoms with Crippen molar-refractivity contribution >= 4 is 5.91 Å². The lowest BCUT2D eigenvalue weighted by Gasteiger charge is -2.07. The van der Waals surface area contributed by atoms with Crippen molar-refractivity contribution in [1.29, 1.82) is 0 Å². The van der Waals surface area contributed by atoms with Gasteiger partial charge in [0, 0.05) is 36.8 Å². The lowest BCUT2D eigenvalue weighted by atomic mass is 10.2. The molecule has 0 aromatic carbocycles. The largest absolute Gasteiger partial charge is 0.353 e. The molecule has 1 amide bonds. The van der Waals surface area contributed by atoms with Gasteiger partial charge in [0.25, 0.3) is 0 Å². The van der Waals surface area contributed by atoms with Gasteiger partial charge in [-0.1, -0.05) is 6.92 Å². The molecule has 1 aromatic rings. The minimum atomic E-state index is 0.144. The summed E-state index contributed by atoms with van der Waals surface area (Å²) in [5.41, 5.74) is 3.50.